The van der Waals surface area contributed by atoms with E-state index in [1.807, 2.05) is 49.4 Å². The van der Waals surface area contributed by atoms with Gasteiger partial charge in [0.05, 0.1) is 17.5 Å². The summed E-state index contributed by atoms with van der Waals surface area (Å²) in [5.41, 5.74) is 2.70. The standard InChI is InChI=1S/C32H26N2O4/c1-20-6-17-28-29(18-20)32(37)34(31(28)36)25-12-7-22(8-13-25)30(35)33-24-10-15-26(16-11-24)38-27-14-9-21-4-2-3-5-23(21)19-27/h2-16,19,28-29H,17-18H2,1H3,(H,33,35)/t28-,29-/m1/s1. The highest BCUT2D eigenvalue weighted by Gasteiger charge is 2.48. The van der Waals surface area contributed by atoms with Crippen molar-refractivity contribution >= 4 is 39.9 Å². The van der Waals surface area contributed by atoms with Crippen molar-refractivity contribution in [3.63, 3.8) is 0 Å². The van der Waals surface area contributed by atoms with E-state index in [0.29, 0.717) is 35.5 Å². The van der Waals surface area contributed by atoms with Crippen LogP contribution in [0.3, 0.4) is 0 Å². The third kappa shape index (κ3) is 4.45. The summed E-state index contributed by atoms with van der Waals surface area (Å²) in [6, 6.07) is 27.8. The van der Waals surface area contributed by atoms with Gasteiger partial charge in [-0.25, -0.2) is 0 Å². The number of hydrogen-bond acceptors (Lipinski definition) is 4. The molecule has 0 unspecified atom stereocenters. The number of carbonyl (C=O) groups excluding carboxylic acids is 3. The molecule has 0 radical (unpaired) electrons. The summed E-state index contributed by atoms with van der Waals surface area (Å²) in [6.45, 7) is 2.00. The van der Waals surface area contributed by atoms with Crippen molar-refractivity contribution in [2.45, 2.75) is 19.8 Å². The van der Waals surface area contributed by atoms with Gasteiger partial charge in [-0.2, -0.15) is 0 Å². The molecule has 0 spiro atoms. The SMILES string of the molecule is CC1=CC[C@H]2C(=O)N(c3ccc(C(=O)Nc4ccc(Oc5ccc6ccccc6c5)cc4)cc3)C(=O)[C@@H]2C1. The fraction of sp³-hybridized carbons (Fsp3) is 0.156. The lowest BCUT2D eigenvalue weighted by Crippen LogP contribution is -2.30. The van der Waals surface area contributed by atoms with Crippen LogP contribution >= 0.6 is 0 Å². The first-order valence-electron chi connectivity index (χ1n) is 12.7. The van der Waals surface area contributed by atoms with E-state index in [1.165, 1.54) is 4.90 Å². The Kier molecular flexibility index (Phi) is 6.00. The van der Waals surface area contributed by atoms with E-state index in [4.69, 9.17) is 4.74 Å². The molecule has 188 valence electrons. The van der Waals surface area contributed by atoms with Crippen LogP contribution in [0.25, 0.3) is 10.8 Å². The van der Waals surface area contributed by atoms with Crippen molar-refractivity contribution in [2.75, 3.05) is 10.2 Å². The molecule has 2 atom stereocenters. The van der Waals surface area contributed by atoms with Crippen LogP contribution in [0, 0.1) is 11.8 Å². The molecule has 3 amide bonds. The van der Waals surface area contributed by atoms with Gasteiger partial charge in [0, 0.05) is 11.3 Å². The van der Waals surface area contributed by atoms with E-state index in [-0.39, 0.29) is 29.6 Å². The molecule has 6 heteroatoms. The van der Waals surface area contributed by atoms with Crippen LogP contribution < -0.4 is 15.0 Å². The summed E-state index contributed by atoms with van der Waals surface area (Å²) in [4.78, 5) is 39.9. The number of nitrogens with zero attached hydrogens (tertiary/aromatic N) is 1. The fourth-order valence-electron chi connectivity index (χ4n) is 5.23. The van der Waals surface area contributed by atoms with Crippen LogP contribution in [0.5, 0.6) is 11.5 Å². The summed E-state index contributed by atoms with van der Waals surface area (Å²) in [6.07, 6.45) is 3.27. The van der Waals surface area contributed by atoms with Crippen molar-refractivity contribution in [1.82, 2.24) is 0 Å². The van der Waals surface area contributed by atoms with E-state index < -0.39 is 0 Å². The molecular formula is C32H26N2O4. The number of carbonyl (C=O) groups is 3. The highest BCUT2D eigenvalue weighted by atomic mass is 16.5. The third-order valence-corrected chi connectivity index (χ3v) is 7.28. The summed E-state index contributed by atoms with van der Waals surface area (Å²) in [7, 11) is 0. The Bertz CT molecular complexity index is 1590. The Morgan fingerprint density at radius 3 is 2.26 bits per heavy atom. The summed E-state index contributed by atoms with van der Waals surface area (Å²) in [5.74, 6) is 0.218. The number of fused-ring (bicyclic) bond motifs is 2. The number of ether oxygens (including phenoxy) is 1. The van der Waals surface area contributed by atoms with Gasteiger partial charge in [-0.05, 0) is 91.2 Å². The van der Waals surface area contributed by atoms with E-state index >= 15 is 0 Å². The Hall–Kier alpha value is -4.71. The van der Waals surface area contributed by atoms with E-state index in [9.17, 15) is 14.4 Å². The second-order valence-electron chi connectivity index (χ2n) is 9.85. The van der Waals surface area contributed by atoms with Crippen LogP contribution in [0.15, 0.2) is 103 Å². The molecule has 2 aliphatic rings. The lowest BCUT2D eigenvalue weighted by molar-refractivity contribution is -0.122. The van der Waals surface area contributed by atoms with Crippen LogP contribution in [0.2, 0.25) is 0 Å². The zero-order valence-corrected chi connectivity index (χ0v) is 20.9. The molecule has 6 rings (SSSR count). The number of anilines is 2. The van der Waals surface area contributed by atoms with E-state index in [0.717, 1.165) is 22.1 Å². The maximum Gasteiger partial charge on any atom is 0.255 e. The maximum absolute atomic E-state index is 12.9. The van der Waals surface area contributed by atoms with Crippen molar-refractivity contribution in [3.05, 3.63) is 108 Å². The molecule has 1 N–H and O–H groups in total. The van der Waals surface area contributed by atoms with Gasteiger partial charge in [0.1, 0.15) is 11.5 Å². The highest BCUT2D eigenvalue weighted by molar-refractivity contribution is 6.22. The molecule has 1 saturated heterocycles. The second-order valence-corrected chi connectivity index (χ2v) is 9.85. The van der Waals surface area contributed by atoms with Gasteiger partial charge in [-0.3, -0.25) is 19.3 Å². The predicted octanol–water partition coefficient (Wildman–Crippen LogP) is 6.73. The number of hydrogen-bond donors (Lipinski definition) is 1. The number of imide groups is 1. The number of amides is 3. The lowest BCUT2D eigenvalue weighted by atomic mass is 9.82. The average molecular weight is 503 g/mol. The first-order chi connectivity index (χ1) is 18.5. The normalized spacial score (nSPS) is 18.8. The molecule has 4 aromatic carbocycles. The zero-order chi connectivity index (χ0) is 26.2. The van der Waals surface area contributed by atoms with Gasteiger partial charge in [-0.15, -0.1) is 0 Å². The van der Waals surface area contributed by atoms with Crippen LogP contribution in [-0.4, -0.2) is 17.7 Å². The van der Waals surface area contributed by atoms with Gasteiger partial charge in [0.25, 0.3) is 5.91 Å². The monoisotopic (exact) mass is 502 g/mol. The van der Waals surface area contributed by atoms with Crippen molar-refractivity contribution in [3.8, 4) is 11.5 Å². The quantitative estimate of drug-likeness (QED) is 0.243. The van der Waals surface area contributed by atoms with Gasteiger partial charge < -0.3 is 10.1 Å². The van der Waals surface area contributed by atoms with Crippen molar-refractivity contribution < 1.29 is 19.1 Å². The Morgan fingerprint density at radius 2 is 1.50 bits per heavy atom. The number of rotatable bonds is 5. The molecule has 1 aliphatic heterocycles. The molecule has 4 aromatic rings. The maximum atomic E-state index is 12.9. The lowest BCUT2D eigenvalue weighted by Gasteiger charge is -2.18. The predicted molar refractivity (Wildman–Crippen MR) is 147 cm³/mol. The molecule has 1 aliphatic carbocycles. The second kappa shape index (κ2) is 9.63. The molecule has 1 fully saturated rings. The fourth-order valence-corrected chi connectivity index (χ4v) is 5.23. The summed E-state index contributed by atoms with van der Waals surface area (Å²) < 4.78 is 5.98. The largest absolute Gasteiger partial charge is 0.457 e. The van der Waals surface area contributed by atoms with Crippen molar-refractivity contribution in [2.24, 2.45) is 11.8 Å². The van der Waals surface area contributed by atoms with Crippen LogP contribution in [0.4, 0.5) is 11.4 Å². The topological polar surface area (TPSA) is 75.7 Å². The Labute approximate surface area is 220 Å². The smallest absolute Gasteiger partial charge is 0.255 e. The van der Waals surface area contributed by atoms with E-state index in [2.05, 4.69) is 11.4 Å². The molecule has 38 heavy (non-hydrogen) atoms. The minimum Gasteiger partial charge on any atom is -0.457 e. The molecule has 6 nitrogen and oxygen atoms in total. The van der Waals surface area contributed by atoms with E-state index in [1.54, 1.807) is 48.5 Å². The first-order valence-corrected chi connectivity index (χ1v) is 12.7. The molecular weight excluding hydrogens is 476 g/mol. The third-order valence-electron chi connectivity index (χ3n) is 7.28. The van der Waals surface area contributed by atoms with Gasteiger partial charge in [0.15, 0.2) is 0 Å². The molecule has 1 heterocycles. The highest BCUT2D eigenvalue weighted by Crippen LogP contribution is 2.39. The zero-order valence-electron chi connectivity index (χ0n) is 20.9. The van der Waals surface area contributed by atoms with Crippen molar-refractivity contribution in [1.29, 1.82) is 0 Å². The first kappa shape index (κ1) is 23.7. The molecule has 0 aromatic heterocycles. The van der Waals surface area contributed by atoms with Gasteiger partial charge in [-0.1, -0.05) is 42.0 Å². The Balaban J connectivity index is 1.10. The Morgan fingerprint density at radius 1 is 0.816 bits per heavy atom. The number of nitrogens with one attached hydrogen (secondary N) is 1. The summed E-state index contributed by atoms with van der Waals surface area (Å²) >= 11 is 0. The van der Waals surface area contributed by atoms with Gasteiger partial charge >= 0.3 is 0 Å². The van der Waals surface area contributed by atoms with Crippen LogP contribution in [-0.2, 0) is 9.59 Å². The number of benzene rings is 4. The van der Waals surface area contributed by atoms with Crippen LogP contribution in [0.1, 0.15) is 30.1 Å². The van der Waals surface area contributed by atoms with Gasteiger partial charge in [0.2, 0.25) is 11.8 Å². The molecule has 0 saturated carbocycles. The number of allylic oxidation sites excluding steroid dienone is 2. The average Bonchev–Trinajstić information content (AvgIpc) is 3.18. The minimum absolute atomic E-state index is 0.157. The summed E-state index contributed by atoms with van der Waals surface area (Å²) in [5, 5.41) is 5.13. The minimum atomic E-state index is -0.289. The molecule has 0 bridgehead atoms.